The third-order valence-electron chi connectivity index (χ3n) is 4.07. The van der Waals surface area contributed by atoms with E-state index in [-0.39, 0.29) is 0 Å². The van der Waals surface area contributed by atoms with E-state index in [1.165, 1.54) is 6.54 Å². The molecule has 17 heavy (non-hydrogen) atoms. The van der Waals surface area contributed by atoms with Crippen LogP contribution in [0, 0.1) is 11.8 Å². The minimum Gasteiger partial charge on any atom is -0.311 e. The second-order valence-electron chi connectivity index (χ2n) is 6.14. The lowest BCUT2D eigenvalue weighted by Crippen LogP contribution is -2.61. The number of nitrogens with one attached hydrogen (secondary N) is 1. The third-order valence-corrected chi connectivity index (χ3v) is 4.07. The van der Waals surface area contributed by atoms with Crippen LogP contribution in [0.15, 0.2) is 12.7 Å². The van der Waals surface area contributed by atoms with Crippen LogP contribution in [0.3, 0.4) is 0 Å². The van der Waals surface area contributed by atoms with E-state index >= 15 is 0 Å². The first-order valence-electron chi connectivity index (χ1n) is 7.07. The second kappa shape index (κ2) is 6.55. The van der Waals surface area contributed by atoms with Crippen molar-refractivity contribution in [2.75, 3.05) is 13.1 Å². The second-order valence-corrected chi connectivity index (χ2v) is 6.14. The molecule has 0 aromatic carbocycles. The number of hydrogen-bond donors (Lipinski definition) is 1. The maximum absolute atomic E-state index is 3.88. The van der Waals surface area contributed by atoms with Gasteiger partial charge in [0.1, 0.15) is 0 Å². The Labute approximate surface area is 107 Å². The molecule has 3 unspecified atom stereocenters. The van der Waals surface area contributed by atoms with Crippen LogP contribution in [0.2, 0.25) is 0 Å². The van der Waals surface area contributed by atoms with Crippen molar-refractivity contribution in [3.05, 3.63) is 12.7 Å². The molecule has 0 aliphatic carbocycles. The summed E-state index contributed by atoms with van der Waals surface area (Å²) in [6.45, 7) is 17.8. The average Bonchev–Trinajstić information content (AvgIpc) is 2.28. The fraction of sp³-hybridized carbons (Fsp3) is 0.867. The predicted octanol–water partition coefficient (Wildman–Crippen LogP) is 2.91. The topological polar surface area (TPSA) is 15.3 Å². The van der Waals surface area contributed by atoms with Gasteiger partial charge in [0, 0.05) is 31.2 Å². The van der Waals surface area contributed by atoms with E-state index < -0.39 is 0 Å². The predicted molar refractivity (Wildman–Crippen MR) is 76.2 cm³/mol. The SMILES string of the molecule is C=CCC(C)N1CC(C(C)C)NCC1C(C)C. The highest BCUT2D eigenvalue weighted by molar-refractivity contribution is 4.92. The Morgan fingerprint density at radius 2 is 1.88 bits per heavy atom. The van der Waals surface area contributed by atoms with E-state index in [0.717, 1.165) is 13.0 Å². The molecule has 1 rings (SSSR count). The number of piperazine rings is 1. The molecule has 1 aliphatic rings. The molecule has 1 fully saturated rings. The van der Waals surface area contributed by atoms with Gasteiger partial charge in [-0.05, 0) is 25.2 Å². The van der Waals surface area contributed by atoms with E-state index in [2.05, 4.69) is 57.5 Å². The number of hydrogen-bond acceptors (Lipinski definition) is 2. The van der Waals surface area contributed by atoms with Gasteiger partial charge in [0.05, 0.1) is 0 Å². The summed E-state index contributed by atoms with van der Waals surface area (Å²) in [7, 11) is 0. The minimum atomic E-state index is 0.614. The highest BCUT2D eigenvalue weighted by Crippen LogP contribution is 2.22. The van der Waals surface area contributed by atoms with Gasteiger partial charge in [-0.2, -0.15) is 0 Å². The molecule has 0 bridgehead atoms. The van der Waals surface area contributed by atoms with Crippen LogP contribution in [-0.4, -0.2) is 36.1 Å². The van der Waals surface area contributed by atoms with Crippen molar-refractivity contribution in [2.45, 2.75) is 59.2 Å². The molecule has 0 aromatic rings. The molecule has 1 aliphatic heterocycles. The van der Waals surface area contributed by atoms with Gasteiger partial charge in [0.25, 0.3) is 0 Å². The molecule has 1 saturated heterocycles. The van der Waals surface area contributed by atoms with Gasteiger partial charge < -0.3 is 5.32 Å². The summed E-state index contributed by atoms with van der Waals surface area (Å²) < 4.78 is 0. The van der Waals surface area contributed by atoms with Crippen LogP contribution in [0.25, 0.3) is 0 Å². The molecule has 2 nitrogen and oxygen atoms in total. The summed E-state index contributed by atoms with van der Waals surface area (Å²) >= 11 is 0. The van der Waals surface area contributed by atoms with Gasteiger partial charge in [-0.1, -0.05) is 33.8 Å². The quantitative estimate of drug-likeness (QED) is 0.741. The van der Waals surface area contributed by atoms with Crippen LogP contribution >= 0.6 is 0 Å². The van der Waals surface area contributed by atoms with Gasteiger partial charge in [0.2, 0.25) is 0 Å². The number of nitrogens with zero attached hydrogens (tertiary/aromatic N) is 1. The maximum Gasteiger partial charge on any atom is 0.0247 e. The summed E-state index contributed by atoms with van der Waals surface area (Å²) in [6, 6.07) is 1.92. The van der Waals surface area contributed by atoms with E-state index in [0.29, 0.717) is 30.0 Å². The molecule has 2 heteroatoms. The van der Waals surface area contributed by atoms with Crippen molar-refractivity contribution in [3.8, 4) is 0 Å². The van der Waals surface area contributed by atoms with E-state index in [4.69, 9.17) is 0 Å². The monoisotopic (exact) mass is 238 g/mol. The molecule has 0 spiro atoms. The first-order valence-corrected chi connectivity index (χ1v) is 7.07. The van der Waals surface area contributed by atoms with E-state index in [1.54, 1.807) is 0 Å². The van der Waals surface area contributed by atoms with Gasteiger partial charge in [0.15, 0.2) is 0 Å². The molecule has 1 N–H and O–H groups in total. The molecule has 100 valence electrons. The zero-order valence-corrected chi connectivity index (χ0v) is 12.2. The van der Waals surface area contributed by atoms with Crippen LogP contribution < -0.4 is 5.32 Å². The van der Waals surface area contributed by atoms with Crippen LogP contribution in [-0.2, 0) is 0 Å². The molecule has 1 heterocycles. The maximum atomic E-state index is 3.88. The van der Waals surface area contributed by atoms with Gasteiger partial charge >= 0.3 is 0 Å². The summed E-state index contributed by atoms with van der Waals surface area (Å²) in [5, 5.41) is 3.71. The molecular weight excluding hydrogens is 208 g/mol. The fourth-order valence-electron chi connectivity index (χ4n) is 2.77. The minimum absolute atomic E-state index is 0.614. The Balaban J connectivity index is 2.71. The normalized spacial score (nSPS) is 28.6. The van der Waals surface area contributed by atoms with Crippen molar-refractivity contribution in [1.29, 1.82) is 0 Å². The van der Waals surface area contributed by atoms with Gasteiger partial charge in [-0.15, -0.1) is 6.58 Å². The standard InChI is InChI=1S/C15H30N2/c1-7-8-13(6)17-10-14(11(2)3)16-9-15(17)12(4)5/h7,11-16H,1,8-10H2,2-6H3. The smallest absolute Gasteiger partial charge is 0.0247 e. The first kappa shape index (κ1) is 14.7. The van der Waals surface area contributed by atoms with Crippen molar-refractivity contribution in [2.24, 2.45) is 11.8 Å². The zero-order valence-electron chi connectivity index (χ0n) is 12.2. The Morgan fingerprint density at radius 3 is 2.35 bits per heavy atom. The summed E-state index contributed by atoms with van der Waals surface area (Å²) in [4.78, 5) is 2.69. The molecule has 0 radical (unpaired) electrons. The van der Waals surface area contributed by atoms with Crippen molar-refractivity contribution in [1.82, 2.24) is 10.2 Å². The van der Waals surface area contributed by atoms with E-state index in [9.17, 15) is 0 Å². The third kappa shape index (κ3) is 3.82. The lowest BCUT2D eigenvalue weighted by molar-refractivity contribution is 0.0528. The van der Waals surface area contributed by atoms with Gasteiger partial charge in [-0.25, -0.2) is 0 Å². The van der Waals surface area contributed by atoms with E-state index in [1.807, 2.05) is 0 Å². The Kier molecular flexibility index (Phi) is 5.68. The summed E-state index contributed by atoms with van der Waals surface area (Å²) in [6.07, 6.45) is 3.14. The van der Waals surface area contributed by atoms with Crippen LogP contribution in [0.4, 0.5) is 0 Å². The molecule has 0 aromatic heterocycles. The van der Waals surface area contributed by atoms with Gasteiger partial charge in [-0.3, -0.25) is 4.90 Å². The summed E-state index contributed by atoms with van der Waals surface area (Å²) in [5.74, 6) is 1.42. The Bertz CT molecular complexity index is 235. The van der Waals surface area contributed by atoms with Crippen molar-refractivity contribution < 1.29 is 0 Å². The van der Waals surface area contributed by atoms with Crippen LogP contribution in [0.5, 0.6) is 0 Å². The molecule has 0 amide bonds. The molecule has 3 atom stereocenters. The van der Waals surface area contributed by atoms with Crippen LogP contribution in [0.1, 0.15) is 41.0 Å². The van der Waals surface area contributed by atoms with Crippen molar-refractivity contribution in [3.63, 3.8) is 0 Å². The Morgan fingerprint density at radius 1 is 1.24 bits per heavy atom. The lowest BCUT2D eigenvalue weighted by Gasteiger charge is -2.46. The number of rotatable bonds is 5. The largest absolute Gasteiger partial charge is 0.311 e. The molecular formula is C15H30N2. The Hall–Kier alpha value is -0.340. The summed E-state index contributed by atoms with van der Waals surface area (Å²) in [5.41, 5.74) is 0. The highest BCUT2D eigenvalue weighted by atomic mass is 15.3. The lowest BCUT2D eigenvalue weighted by atomic mass is 9.92. The highest BCUT2D eigenvalue weighted by Gasteiger charge is 2.33. The average molecular weight is 238 g/mol. The molecule has 0 saturated carbocycles. The first-order chi connectivity index (χ1) is 7.97. The van der Waals surface area contributed by atoms with Crippen molar-refractivity contribution >= 4 is 0 Å². The zero-order chi connectivity index (χ0) is 13.0. The fourth-order valence-corrected chi connectivity index (χ4v) is 2.77.